The summed E-state index contributed by atoms with van der Waals surface area (Å²) in [6.07, 6.45) is -0.751. The molecule has 0 fully saturated rings. The molecule has 1 unspecified atom stereocenters. The summed E-state index contributed by atoms with van der Waals surface area (Å²) < 4.78 is 4.75. The van der Waals surface area contributed by atoms with Crippen molar-refractivity contribution in [2.24, 2.45) is 0 Å². The van der Waals surface area contributed by atoms with Crippen molar-refractivity contribution in [3.63, 3.8) is 0 Å². The van der Waals surface area contributed by atoms with Crippen LogP contribution in [0.15, 0.2) is 30.3 Å². The molecule has 1 atom stereocenters. The van der Waals surface area contributed by atoms with E-state index in [1.165, 1.54) is 12.0 Å². The summed E-state index contributed by atoms with van der Waals surface area (Å²) in [4.78, 5) is 25.0. The topological polar surface area (TPSA) is 78.9 Å². The van der Waals surface area contributed by atoms with Crippen LogP contribution < -0.4 is 5.32 Å². The monoisotopic (exact) mass is 280 g/mol. The van der Waals surface area contributed by atoms with Crippen LogP contribution in [0.3, 0.4) is 0 Å². The van der Waals surface area contributed by atoms with E-state index in [4.69, 9.17) is 4.74 Å². The number of likely N-dealkylation sites (N-methyl/N-ethyl adjacent to an activating group) is 1. The zero-order valence-corrected chi connectivity index (χ0v) is 11.7. The number of ether oxygens (including phenoxy) is 1. The van der Waals surface area contributed by atoms with Crippen molar-refractivity contribution >= 4 is 11.8 Å². The van der Waals surface area contributed by atoms with E-state index in [0.717, 1.165) is 0 Å². The molecule has 6 heteroatoms. The van der Waals surface area contributed by atoms with Crippen LogP contribution in [0.4, 0.5) is 0 Å². The van der Waals surface area contributed by atoms with Crippen molar-refractivity contribution in [2.45, 2.75) is 6.10 Å². The van der Waals surface area contributed by atoms with Gasteiger partial charge in [0, 0.05) is 26.3 Å². The molecular weight excluding hydrogens is 260 g/mol. The molecule has 1 aromatic carbocycles. The van der Waals surface area contributed by atoms with Crippen LogP contribution in [0.5, 0.6) is 0 Å². The Morgan fingerprint density at radius 2 is 2.00 bits per heavy atom. The number of benzene rings is 1. The fourth-order valence-electron chi connectivity index (χ4n) is 1.63. The Bertz CT molecular complexity index is 436. The number of nitrogens with zero attached hydrogens (tertiary/aromatic N) is 1. The summed E-state index contributed by atoms with van der Waals surface area (Å²) in [7, 11) is 3.03. The largest absolute Gasteiger partial charge is 0.389 e. The zero-order chi connectivity index (χ0) is 15.0. The maximum Gasteiger partial charge on any atom is 0.254 e. The van der Waals surface area contributed by atoms with E-state index in [1.807, 2.05) is 6.07 Å². The lowest BCUT2D eigenvalue weighted by Gasteiger charge is -2.17. The van der Waals surface area contributed by atoms with E-state index < -0.39 is 6.10 Å². The van der Waals surface area contributed by atoms with Gasteiger partial charge in [0.15, 0.2) is 0 Å². The summed E-state index contributed by atoms with van der Waals surface area (Å²) in [5.41, 5.74) is 0.530. The van der Waals surface area contributed by atoms with Crippen LogP contribution in [-0.2, 0) is 9.53 Å². The highest BCUT2D eigenvalue weighted by Gasteiger charge is 2.15. The molecule has 0 spiro atoms. The highest BCUT2D eigenvalue weighted by atomic mass is 16.5. The summed E-state index contributed by atoms with van der Waals surface area (Å²) in [6.45, 7) is 0.187. The Hall–Kier alpha value is -1.92. The first kappa shape index (κ1) is 16.1. The molecule has 0 saturated carbocycles. The zero-order valence-electron chi connectivity index (χ0n) is 11.7. The van der Waals surface area contributed by atoms with E-state index >= 15 is 0 Å². The fourth-order valence-corrected chi connectivity index (χ4v) is 1.63. The molecule has 20 heavy (non-hydrogen) atoms. The van der Waals surface area contributed by atoms with Crippen LogP contribution in [0.2, 0.25) is 0 Å². The molecular formula is C14H20N2O4. The average molecular weight is 280 g/mol. The van der Waals surface area contributed by atoms with E-state index in [0.29, 0.717) is 5.56 Å². The van der Waals surface area contributed by atoms with Crippen molar-refractivity contribution in [2.75, 3.05) is 33.9 Å². The quantitative estimate of drug-likeness (QED) is 0.730. The van der Waals surface area contributed by atoms with E-state index in [-0.39, 0.29) is 31.5 Å². The van der Waals surface area contributed by atoms with Gasteiger partial charge in [0.1, 0.15) is 0 Å². The van der Waals surface area contributed by atoms with Gasteiger partial charge in [-0.1, -0.05) is 18.2 Å². The Kier molecular flexibility index (Phi) is 6.69. The van der Waals surface area contributed by atoms with Gasteiger partial charge in [-0.25, -0.2) is 0 Å². The highest BCUT2D eigenvalue weighted by molar-refractivity contribution is 5.96. The van der Waals surface area contributed by atoms with Gasteiger partial charge in [-0.05, 0) is 12.1 Å². The maximum atomic E-state index is 12.0. The predicted molar refractivity (Wildman–Crippen MR) is 74.3 cm³/mol. The van der Waals surface area contributed by atoms with Gasteiger partial charge < -0.3 is 20.1 Å². The number of hydrogen-bond acceptors (Lipinski definition) is 4. The number of nitrogens with one attached hydrogen (secondary N) is 1. The third-order valence-electron chi connectivity index (χ3n) is 2.64. The van der Waals surface area contributed by atoms with Crippen LogP contribution in [0, 0.1) is 0 Å². The van der Waals surface area contributed by atoms with Crippen molar-refractivity contribution in [3.05, 3.63) is 35.9 Å². The van der Waals surface area contributed by atoms with E-state index in [9.17, 15) is 14.7 Å². The lowest BCUT2D eigenvalue weighted by Crippen LogP contribution is -2.41. The first-order valence-electron chi connectivity index (χ1n) is 6.28. The molecule has 0 aromatic heterocycles. The Morgan fingerprint density at radius 3 is 2.60 bits per heavy atom. The molecule has 0 heterocycles. The second kappa shape index (κ2) is 8.29. The summed E-state index contributed by atoms with van der Waals surface area (Å²) in [5, 5.41) is 11.9. The number of aliphatic hydroxyl groups excluding tert-OH is 1. The van der Waals surface area contributed by atoms with Crippen LogP contribution >= 0.6 is 0 Å². The summed E-state index contributed by atoms with van der Waals surface area (Å²) >= 11 is 0. The number of hydrogen-bond donors (Lipinski definition) is 2. The van der Waals surface area contributed by atoms with Crippen molar-refractivity contribution in [1.29, 1.82) is 0 Å². The molecule has 1 rings (SSSR count). The number of aliphatic hydroxyl groups is 1. The number of rotatable bonds is 7. The predicted octanol–water partition coefficient (Wildman–Crippen LogP) is -0.118. The highest BCUT2D eigenvalue weighted by Crippen LogP contribution is 2.02. The third-order valence-corrected chi connectivity index (χ3v) is 2.64. The van der Waals surface area contributed by atoms with Crippen molar-refractivity contribution < 1.29 is 19.4 Å². The number of carbonyl (C=O) groups excluding carboxylic acids is 2. The summed E-state index contributed by atoms with van der Waals surface area (Å²) in [5.74, 6) is -0.551. The molecule has 110 valence electrons. The minimum Gasteiger partial charge on any atom is -0.389 e. The SMILES string of the molecule is COCC(O)CNC(=O)CN(C)C(=O)c1ccccc1. The second-order valence-corrected chi connectivity index (χ2v) is 4.44. The Balaban J connectivity index is 2.40. The standard InChI is InChI=1S/C14H20N2O4/c1-16(14(19)11-6-4-3-5-7-11)9-13(18)15-8-12(17)10-20-2/h3-7,12,17H,8-10H2,1-2H3,(H,15,18). The lowest BCUT2D eigenvalue weighted by atomic mass is 10.2. The van der Waals surface area contributed by atoms with E-state index in [1.54, 1.807) is 31.3 Å². The van der Waals surface area contributed by atoms with Gasteiger partial charge in [-0.2, -0.15) is 0 Å². The molecule has 0 saturated heterocycles. The lowest BCUT2D eigenvalue weighted by molar-refractivity contribution is -0.122. The van der Waals surface area contributed by atoms with Gasteiger partial charge in [0.05, 0.1) is 19.3 Å². The summed E-state index contributed by atoms with van der Waals surface area (Å²) in [6, 6.07) is 8.74. The van der Waals surface area contributed by atoms with Gasteiger partial charge >= 0.3 is 0 Å². The molecule has 2 N–H and O–H groups in total. The van der Waals surface area contributed by atoms with Gasteiger partial charge in [0.2, 0.25) is 5.91 Å². The van der Waals surface area contributed by atoms with Crippen LogP contribution in [0.1, 0.15) is 10.4 Å². The molecule has 0 aliphatic carbocycles. The number of carbonyl (C=O) groups is 2. The fraction of sp³-hybridized carbons (Fsp3) is 0.429. The smallest absolute Gasteiger partial charge is 0.254 e. The molecule has 6 nitrogen and oxygen atoms in total. The second-order valence-electron chi connectivity index (χ2n) is 4.44. The van der Waals surface area contributed by atoms with Gasteiger partial charge in [0.25, 0.3) is 5.91 Å². The number of amides is 2. The number of methoxy groups -OCH3 is 1. The Labute approximate surface area is 118 Å². The molecule has 0 aliphatic heterocycles. The van der Waals surface area contributed by atoms with E-state index in [2.05, 4.69) is 5.32 Å². The molecule has 0 bridgehead atoms. The minimum atomic E-state index is -0.751. The van der Waals surface area contributed by atoms with Crippen LogP contribution in [0.25, 0.3) is 0 Å². The van der Waals surface area contributed by atoms with Crippen molar-refractivity contribution in [3.8, 4) is 0 Å². The normalized spacial score (nSPS) is 11.8. The van der Waals surface area contributed by atoms with Gasteiger partial charge in [-0.3, -0.25) is 9.59 Å². The Morgan fingerprint density at radius 1 is 1.35 bits per heavy atom. The van der Waals surface area contributed by atoms with Gasteiger partial charge in [-0.15, -0.1) is 0 Å². The maximum absolute atomic E-state index is 12.0. The molecule has 1 aromatic rings. The average Bonchev–Trinajstić information content (AvgIpc) is 2.45. The van der Waals surface area contributed by atoms with Crippen LogP contribution in [-0.4, -0.2) is 61.8 Å². The molecule has 2 amide bonds. The first-order chi connectivity index (χ1) is 9.54. The van der Waals surface area contributed by atoms with Crippen molar-refractivity contribution in [1.82, 2.24) is 10.2 Å². The third kappa shape index (κ3) is 5.38. The minimum absolute atomic E-state index is 0.0621. The molecule has 0 aliphatic rings. The molecule has 0 radical (unpaired) electrons. The first-order valence-corrected chi connectivity index (χ1v) is 6.28.